The molecule has 0 radical (unpaired) electrons. The van der Waals surface area contributed by atoms with Crippen molar-refractivity contribution in [3.05, 3.63) is 35.2 Å². The molecule has 4 heteroatoms. The van der Waals surface area contributed by atoms with Gasteiger partial charge in [-0.25, -0.2) is 0 Å². The van der Waals surface area contributed by atoms with Crippen molar-refractivity contribution < 1.29 is 4.52 Å². The summed E-state index contributed by atoms with van der Waals surface area (Å²) in [5.74, 6) is 1.28. The fourth-order valence-electron chi connectivity index (χ4n) is 1.84. The molecular formula is C14H19N3O. The zero-order chi connectivity index (χ0) is 13.1. The lowest BCUT2D eigenvalue weighted by Crippen LogP contribution is -2.22. The van der Waals surface area contributed by atoms with Gasteiger partial charge in [-0.3, -0.25) is 0 Å². The first-order valence-corrected chi connectivity index (χ1v) is 6.19. The van der Waals surface area contributed by atoms with Crippen LogP contribution >= 0.6 is 0 Å². The normalized spacial score (nSPS) is 11.2. The maximum atomic E-state index is 5.29. The Kier molecular flexibility index (Phi) is 3.77. The summed E-state index contributed by atoms with van der Waals surface area (Å²) in [4.78, 5) is 4.39. The molecule has 0 bridgehead atoms. The lowest BCUT2D eigenvalue weighted by atomic mass is 10.1. The van der Waals surface area contributed by atoms with Gasteiger partial charge in [-0.15, -0.1) is 0 Å². The average molecular weight is 245 g/mol. The van der Waals surface area contributed by atoms with E-state index in [2.05, 4.69) is 61.4 Å². The van der Waals surface area contributed by atoms with Crippen LogP contribution in [0.2, 0.25) is 0 Å². The third kappa shape index (κ3) is 3.17. The molecule has 0 aliphatic rings. The molecule has 1 aromatic carbocycles. The second-order valence-electron chi connectivity index (χ2n) is 4.93. The molecule has 0 atom stereocenters. The second-order valence-corrected chi connectivity index (χ2v) is 4.93. The minimum absolute atomic E-state index is 0.410. The summed E-state index contributed by atoms with van der Waals surface area (Å²) in [6, 6.07) is 6.65. The van der Waals surface area contributed by atoms with E-state index in [9.17, 15) is 0 Å². The molecule has 2 rings (SSSR count). The number of nitrogens with one attached hydrogen (secondary N) is 1. The fourth-order valence-corrected chi connectivity index (χ4v) is 1.84. The number of aryl methyl sites for hydroxylation is 2. The molecule has 0 amide bonds. The van der Waals surface area contributed by atoms with Gasteiger partial charge in [0.2, 0.25) is 0 Å². The maximum Gasteiger partial charge on any atom is 0.257 e. The Bertz CT molecular complexity index is 511. The van der Waals surface area contributed by atoms with Gasteiger partial charge in [0, 0.05) is 11.6 Å². The van der Waals surface area contributed by atoms with Crippen molar-refractivity contribution in [2.45, 2.75) is 40.3 Å². The van der Waals surface area contributed by atoms with E-state index in [1.54, 1.807) is 0 Å². The topological polar surface area (TPSA) is 51.0 Å². The summed E-state index contributed by atoms with van der Waals surface area (Å²) in [5, 5.41) is 7.24. The molecule has 4 nitrogen and oxygen atoms in total. The summed E-state index contributed by atoms with van der Waals surface area (Å²) in [6.45, 7) is 8.93. The molecule has 0 aliphatic carbocycles. The lowest BCUT2D eigenvalue weighted by Gasteiger charge is -2.03. The Morgan fingerprint density at radius 3 is 2.44 bits per heavy atom. The van der Waals surface area contributed by atoms with Crippen LogP contribution in [0.5, 0.6) is 0 Å². The summed E-state index contributed by atoms with van der Waals surface area (Å²) >= 11 is 0. The highest BCUT2D eigenvalue weighted by Gasteiger charge is 2.09. The third-order valence-electron chi connectivity index (χ3n) is 2.61. The van der Waals surface area contributed by atoms with Crippen molar-refractivity contribution in [3.63, 3.8) is 0 Å². The molecule has 0 saturated carbocycles. The lowest BCUT2D eigenvalue weighted by molar-refractivity contribution is 0.417. The highest BCUT2D eigenvalue weighted by Crippen LogP contribution is 2.20. The van der Waals surface area contributed by atoms with Gasteiger partial charge in [0.15, 0.2) is 5.82 Å². The Morgan fingerprint density at radius 2 is 1.83 bits per heavy atom. The van der Waals surface area contributed by atoms with Gasteiger partial charge in [0.05, 0.1) is 6.54 Å². The molecule has 0 spiro atoms. The molecule has 18 heavy (non-hydrogen) atoms. The molecule has 0 saturated heterocycles. The molecule has 1 N–H and O–H groups in total. The zero-order valence-electron chi connectivity index (χ0n) is 11.3. The quantitative estimate of drug-likeness (QED) is 0.900. The minimum Gasteiger partial charge on any atom is -0.334 e. The molecule has 1 aromatic heterocycles. The predicted octanol–water partition coefficient (Wildman–Crippen LogP) is 2.85. The Labute approximate surface area is 107 Å². The molecule has 0 aliphatic heterocycles. The van der Waals surface area contributed by atoms with E-state index in [0.717, 1.165) is 5.56 Å². The molecule has 96 valence electrons. The maximum absolute atomic E-state index is 5.29. The van der Waals surface area contributed by atoms with E-state index in [1.807, 2.05) is 0 Å². The van der Waals surface area contributed by atoms with Crippen molar-refractivity contribution in [3.8, 4) is 11.5 Å². The highest BCUT2D eigenvalue weighted by molar-refractivity contribution is 5.55. The van der Waals surface area contributed by atoms with Crippen molar-refractivity contribution >= 4 is 0 Å². The van der Waals surface area contributed by atoms with Crippen molar-refractivity contribution in [2.75, 3.05) is 0 Å². The highest BCUT2D eigenvalue weighted by atomic mass is 16.5. The van der Waals surface area contributed by atoms with Crippen molar-refractivity contribution in [2.24, 2.45) is 0 Å². The summed E-state index contributed by atoms with van der Waals surface area (Å²) in [5.41, 5.74) is 3.38. The summed E-state index contributed by atoms with van der Waals surface area (Å²) in [7, 11) is 0. The van der Waals surface area contributed by atoms with Gasteiger partial charge in [0.25, 0.3) is 5.89 Å². The average Bonchev–Trinajstić information content (AvgIpc) is 2.73. The second kappa shape index (κ2) is 5.31. The predicted molar refractivity (Wildman–Crippen MR) is 71.2 cm³/mol. The van der Waals surface area contributed by atoms with Crippen LogP contribution in [0.3, 0.4) is 0 Å². The van der Waals surface area contributed by atoms with Crippen molar-refractivity contribution in [1.82, 2.24) is 15.5 Å². The third-order valence-corrected chi connectivity index (χ3v) is 2.61. The molecular weight excluding hydrogens is 226 g/mol. The largest absolute Gasteiger partial charge is 0.334 e. The van der Waals surface area contributed by atoms with E-state index in [4.69, 9.17) is 4.52 Å². The van der Waals surface area contributed by atoms with E-state index in [0.29, 0.717) is 24.3 Å². The number of nitrogens with zero attached hydrogens (tertiary/aromatic N) is 2. The van der Waals surface area contributed by atoms with Gasteiger partial charge in [-0.05, 0) is 26.0 Å². The first-order chi connectivity index (χ1) is 8.54. The van der Waals surface area contributed by atoms with E-state index in [-0.39, 0.29) is 0 Å². The van der Waals surface area contributed by atoms with Gasteiger partial charge < -0.3 is 9.84 Å². The summed E-state index contributed by atoms with van der Waals surface area (Å²) in [6.07, 6.45) is 0. The van der Waals surface area contributed by atoms with Gasteiger partial charge in [0.1, 0.15) is 0 Å². The van der Waals surface area contributed by atoms with Crippen LogP contribution in [0.25, 0.3) is 11.5 Å². The van der Waals surface area contributed by atoms with Crippen LogP contribution in [-0.4, -0.2) is 16.2 Å². The summed E-state index contributed by atoms with van der Waals surface area (Å²) < 4.78 is 5.29. The number of hydrogen-bond acceptors (Lipinski definition) is 4. The van der Waals surface area contributed by atoms with E-state index in [1.165, 1.54) is 11.1 Å². The Balaban J connectivity index is 2.18. The van der Waals surface area contributed by atoms with Crippen LogP contribution < -0.4 is 5.32 Å². The molecule has 1 heterocycles. The smallest absolute Gasteiger partial charge is 0.257 e. The van der Waals surface area contributed by atoms with Crippen LogP contribution in [-0.2, 0) is 6.54 Å². The SMILES string of the molecule is Cc1cc(C)cc(-c2nc(CNC(C)C)no2)c1. The monoisotopic (exact) mass is 245 g/mol. The number of aromatic nitrogens is 2. The number of benzene rings is 1. The van der Waals surface area contributed by atoms with Gasteiger partial charge >= 0.3 is 0 Å². The van der Waals surface area contributed by atoms with Gasteiger partial charge in [-0.1, -0.05) is 36.2 Å². The first-order valence-electron chi connectivity index (χ1n) is 6.19. The standard InChI is InChI=1S/C14H19N3O/c1-9(2)15-8-13-16-14(18-17-13)12-6-10(3)5-11(4)7-12/h5-7,9,15H,8H2,1-4H3. The Hall–Kier alpha value is -1.68. The van der Waals surface area contributed by atoms with Gasteiger partial charge in [-0.2, -0.15) is 4.98 Å². The molecule has 0 unspecified atom stereocenters. The molecule has 0 fully saturated rings. The van der Waals surface area contributed by atoms with E-state index < -0.39 is 0 Å². The zero-order valence-corrected chi connectivity index (χ0v) is 11.3. The van der Waals surface area contributed by atoms with Crippen LogP contribution in [0.1, 0.15) is 30.8 Å². The first kappa shape index (κ1) is 12.8. The Morgan fingerprint density at radius 1 is 1.17 bits per heavy atom. The number of rotatable bonds is 4. The molecule has 2 aromatic rings. The van der Waals surface area contributed by atoms with Crippen LogP contribution in [0, 0.1) is 13.8 Å². The van der Waals surface area contributed by atoms with Crippen molar-refractivity contribution in [1.29, 1.82) is 0 Å². The van der Waals surface area contributed by atoms with Crippen LogP contribution in [0.15, 0.2) is 22.7 Å². The fraction of sp³-hybridized carbons (Fsp3) is 0.429. The number of hydrogen-bond donors (Lipinski definition) is 1. The van der Waals surface area contributed by atoms with E-state index >= 15 is 0 Å². The minimum atomic E-state index is 0.410. The van der Waals surface area contributed by atoms with Crippen LogP contribution in [0.4, 0.5) is 0 Å².